The number of nitriles is 1. The summed E-state index contributed by atoms with van der Waals surface area (Å²) >= 11 is 0. The van der Waals surface area contributed by atoms with Gasteiger partial charge in [-0.25, -0.2) is 8.78 Å². The number of benzene rings is 1. The summed E-state index contributed by atoms with van der Waals surface area (Å²) in [6.45, 7) is 1.34. The first-order chi connectivity index (χ1) is 14.0. The molecule has 1 saturated carbocycles. The van der Waals surface area contributed by atoms with Crippen LogP contribution in [0.4, 0.5) is 22.0 Å². The summed E-state index contributed by atoms with van der Waals surface area (Å²) in [6.07, 6.45) is -4.16. The summed E-state index contributed by atoms with van der Waals surface area (Å²) in [5, 5.41) is 8.82. The molecule has 1 aliphatic carbocycles. The standard InChI is InChI=1S/C20H21F5N4O/c1-12-17(30-16-4-2-14(3-5-16)20(23,24)25)18(27)28-6-7-29(12)11-19(21,22)15-8-13(9-15)10-26/h2-5,13,15H,6-9,11H2,1H3,(H2,27,28). The number of nitrogens with two attached hydrogens (primary N) is 1. The van der Waals surface area contributed by atoms with Crippen molar-refractivity contribution in [3.63, 3.8) is 0 Å². The van der Waals surface area contributed by atoms with Gasteiger partial charge in [0, 0.05) is 18.4 Å². The van der Waals surface area contributed by atoms with Gasteiger partial charge in [-0.2, -0.15) is 18.4 Å². The number of allylic oxidation sites excluding steroid dienone is 1. The summed E-state index contributed by atoms with van der Waals surface area (Å²) in [5.41, 5.74) is 5.40. The largest absolute Gasteiger partial charge is 0.452 e. The Hall–Kier alpha value is -2.83. The molecule has 1 aromatic carbocycles. The Kier molecular flexibility index (Phi) is 5.92. The summed E-state index contributed by atoms with van der Waals surface area (Å²) < 4.78 is 73.2. The van der Waals surface area contributed by atoms with Gasteiger partial charge in [0.25, 0.3) is 5.92 Å². The van der Waals surface area contributed by atoms with Crippen LogP contribution in [0.5, 0.6) is 5.75 Å². The second-order valence-electron chi connectivity index (χ2n) is 7.48. The third-order valence-electron chi connectivity index (χ3n) is 5.41. The van der Waals surface area contributed by atoms with Crippen molar-refractivity contribution in [2.75, 3.05) is 19.6 Å². The van der Waals surface area contributed by atoms with Crippen molar-refractivity contribution < 1.29 is 26.7 Å². The average Bonchev–Trinajstić information content (AvgIpc) is 2.74. The van der Waals surface area contributed by atoms with Crippen LogP contribution in [0.25, 0.3) is 0 Å². The third-order valence-corrected chi connectivity index (χ3v) is 5.41. The molecule has 2 aliphatic rings. The maximum Gasteiger partial charge on any atom is 0.416 e. The van der Waals surface area contributed by atoms with Crippen LogP contribution in [-0.2, 0) is 6.18 Å². The monoisotopic (exact) mass is 428 g/mol. The van der Waals surface area contributed by atoms with E-state index in [1.54, 1.807) is 6.92 Å². The highest BCUT2D eigenvalue weighted by Gasteiger charge is 2.48. The molecular weight excluding hydrogens is 407 g/mol. The average molecular weight is 428 g/mol. The number of ether oxygens (including phenoxy) is 1. The normalized spacial score (nSPS) is 22.7. The lowest BCUT2D eigenvalue weighted by molar-refractivity contribution is -0.137. The molecular formula is C20H21F5N4O. The number of hydrogen-bond donors (Lipinski definition) is 1. The minimum Gasteiger partial charge on any atom is -0.452 e. The zero-order chi connectivity index (χ0) is 22.1. The quantitative estimate of drug-likeness (QED) is 0.715. The van der Waals surface area contributed by atoms with Crippen LogP contribution in [0.3, 0.4) is 0 Å². The Balaban J connectivity index is 1.78. The van der Waals surface area contributed by atoms with E-state index in [2.05, 4.69) is 4.99 Å². The molecule has 0 atom stereocenters. The van der Waals surface area contributed by atoms with Crippen molar-refractivity contribution in [2.45, 2.75) is 31.9 Å². The third kappa shape index (κ3) is 4.66. The van der Waals surface area contributed by atoms with E-state index in [9.17, 15) is 22.0 Å². The molecule has 0 amide bonds. The Morgan fingerprint density at radius 1 is 1.20 bits per heavy atom. The highest BCUT2D eigenvalue weighted by atomic mass is 19.4. The molecule has 10 heteroatoms. The summed E-state index contributed by atoms with van der Waals surface area (Å²) in [5.74, 6) is -4.10. The second kappa shape index (κ2) is 8.13. The first-order valence-corrected chi connectivity index (χ1v) is 9.40. The fourth-order valence-electron chi connectivity index (χ4n) is 3.46. The van der Waals surface area contributed by atoms with Crippen LogP contribution in [0.2, 0.25) is 0 Å². The fourth-order valence-corrected chi connectivity index (χ4v) is 3.46. The molecule has 0 aromatic heterocycles. The van der Waals surface area contributed by atoms with Crippen LogP contribution in [-0.4, -0.2) is 36.3 Å². The lowest BCUT2D eigenvalue weighted by Crippen LogP contribution is -2.46. The molecule has 162 valence electrons. The maximum absolute atomic E-state index is 14.7. The molecule has 1 fully saturated rings. The van der Waals surface area contributed by atoms with E-state index in [-0.39, 0.29) is 49.2 Å². The zero-order valence-electron chi connectivity index (χ0n) is 16.2. The molecule has 0 radical (unpaired) electrons. The fraction of sp³-hybridized carbons (Fsp3) is 0.500. The molecule has 0 spiro atoms. The molecule has 0 bridgehead atoms. The minimum atomic E-state index is -4.48. The molecule has 30 heavy (non-hydrogen) atoms. The van der Waals surface area contributed by atoms with E-state index >= 15 is 0 Å². The van der Waals surface area contributed by atoms with Gasteiger partial charge in [-0.05, 0) is 44.0 Å². The molecule has 0 saturated heterocycles. The second-order valence-corrected chi connectivity index (χ2v) is 7.48. The van der Waals surface area contributed by atoms with Gasteiger partial charge in [0.1, 0.15) is 5.75 Å². The van der Waals surface area contributed by atoms with E-state index in [0.29, 0.717) is 5.70 Å². The zero-order valence-corrected chi connectivity index (χ0v) is 16.2. The predicted octanol–water partition coefficient (Wildman–Crippen LogP) is 4.17. The molecule has 5 nitrogen and oxygen atoms in total. The van der Waals surface area contributed by atoms with Crippen LogP contribution >= 0.6 is 0 Å². The molecule has 1 heterocycles. The lowest BCUT2D eigenvalue weighted by Gasteiger charge is -2.39. The van der Waals surface area contributed by atoms with Gasteiger partial charge in [-0.15, -0.1) is 0 Å². The van der Waals surface area contributed by atoms with Crippen LogP contribution in [0.15, 0.2) is 40.7 Å². The van der Waals surface area contributed by atoms with E-state index in [0.717, 1.165) is 24.3 Å². The van der Waals surface area contributed by atoms with Crippen LogP contribution in [0, 0.1) is 23.2 Å². The van der Waals surface area contributed by atoms with Gasteiger partial charge >= 0.3 is 6.18 Å². The van der Waals surface area contributed by atoms with Crippen LogP contribution in [0.1, 0.15) is 25.3 Å². The minimum absolute atomic E-state index is 0.00796. The van der Waals surface area contributed by atoms with Crippen molar-refractivity contribution in [3.8, 4) is 11.8 Å². The van der Waals surface area contributed by atoms with Crippen molar-refractivity contribution in [1.82, 2.24) is 4.90 Å². The number of alkyl halides is 5. The Bertz CT molecular complexity index is 880. The summed E-state index contributed by atoms with van der Waals surface area (Å²) in [4.78, 5) is 5.51. The molecule has 1 aliphatic heterocycles. The number of rotatable bonds is 5. The van der Waals surface area contributed by atoms with Gasteiger partial charge < -0.3 is 15.4 Å². The number of hydrogen-bond acceptors (Lipinski definition) is 5. The van der Waals surface area contributed by atoms with Crippen LogP contribution < -0.4 is 10.5 Å². The van der Waals surface area contributed by atoms with Crippen molar-refractivity contribution >= 4 is 5.84 Å². The van der Waals surface area contributed by atoms with E-state index in [1.807, 2.05) is 6.07 Å². The van der Waals surface area contributed by atoms with Crippen molar-refractivity contribution in [3.05, 3.63) is 41.3 Å². The molecule has 3 rings (SSSR count). The maximum atomic E-state index is 14.7. The Morgan fingerprint density at radius 2 is 1.83 bits per heavy atom. The predicted molar refractivity (Wildman–Crippen MR) is 99.6 cm³/mol. The topological polar surface area (TPSA) is 74.6 Å². The summed E-state index contributed by atoms with van der Waals surface area (Å²) in [6, 6.07) is 6.00. The van der Waals surface area contributed by atoms with E-state index in [1.165, 1.54) is 4.90 Å². The van der Waals surface area contributed by atoms with Gasteiger partial charge in [0.15, 0.2) is 11.6 Å². The highest BCUT2D eigenvalue weighted by molar-refractivity contribution is 5.96. The lowest BCUT2D eigenvalue weighted by atomic mass is 9.72. The van der Waals surface area contributed by atoms with Gasteiger partial charge in [-0.3, -0.25) is 4.99 Å². The van der Waals surface area contributed by atoms with Gasteiger partial charge in [-0.1, -0.05) is 0 Å². The van der Waals surface area contributed by atoms with E-state index in [4.69, 9.17) is 15.7 Å². The molecule has 2 N–H and O–H groups in total. The van der Waals surface area contributed by atoms with E-state index < -0.39 is 30.1 Å². The first-order valence-electron chi connectivity index (χ1n) is 9.40. The number of amidine groups is 1. The molecule has 0 unspecified atom stereocenters. The van der Waals surface area contributed by atoms with Crippen molar-refractivity contribution in [2.24, 2.45) is 22.6 Å². The first kappa shape index (κ1) is 21.9. The number of nitrogens with zero attached hydrogens (tertiary/aromatic N) is 3. The number of halogens is 5. The van der Waals surface area contributed by atoms with Crippen molar-refractivity contribution in [1.29, 1.82) is 5.26 Å². The Morgan fingerprint density at radius 3 is 2.40 bits per heavy atom. The van der Waals surface area contributed by atoms with Gasteiger partial charge in [0.2, 0.25) is 0 Å². The number of aliphatic imine (C=N–C) groups is 1. The summed E-state index contributed by atoms with van der Waals surface area (Å²) in [7, 11) is 0. The smallest absolute Gasteiger partial charge is 0.416 e. The van der Waals surface area contributed by atoms with Gasteiger partial charge in [0.05, 0.1) is 30.4 Å². The SMILES string of the molecule is CC1=C(Oc2ccc(C(F)(F)F)cc2)C(N)=NCCN1CC(F)(F)C1CC(C#N)C1. The highest BCUT2D eigenvalue weighted by Crippen LogP contribution is 2.44. The Labute approximate surface area is 170 Å². The molecule has 1 aromatic rings.